The molecule has 0 saturated heterocycles. The molecule has 0 N–H and O–H groups in total. The molecule has 178 valence electrons. The molecule has 0 heterocycles. The molecule has 0 radical (unpaired) electrons. The molecule has 2 aliphatic rings. The Morgan fingerprint density at radius 3 is 1.18 bits per heavy atom. The van der Waals surface area contributed by atoms with Crippen LogP contribution in [-0.4, -0.2) is 23.5 Å². The summed E-state index contributed by atoms with van der Waals surface area (Å²) >= 11 is 0. The van der Waals surface area contributed by atoms with Gasteiger partial charge in [0.05, 0.1) is 11.1 Å². The zero-order chi connectivity index (χ0) is 23.9. The Morgan fingerprint density at radius 1 is 0.500 bits per heavy atom. The van der Waals surface area contributed by atoms with Crippen molar-refractivity contribution in [2.75, 3.05) is 0 Å². The number of hydrogen-bond acceptors (Lipinski definition) is 6. The van der Waals surface area contributed by atoms with Gasteiger partial charge in [-0.1, -0.05) is 74.9 Å². The quantitative estimate of drug-likeness (QED) is 0.291. The van der Waals surface area contributed by atoms with Gasteiger partial charge in [-0.25, -0.2) is 19.4 Å². The zero-order valence-electron chi connectivity index (χ0n) is 19.3. The minimum atomic E-state index is -0.913. The molecule has 0 amide bonds. The van der Waals surface area contributed by atoms with Gasteiger partial charge in [0.1, 0.15) is 0 Å². The van der Waals surface area contributed by atoms with Crippen molar-refractivity contribution in [2.24, 2.45) is 11.8 Å². The van der Waals surface area contributed by atoms with Crippen LogP contribution in [0.15, 0.2) is 48.5 Å². The summed E-state index contributed by atoms with van der Waals surface area (Å²) in [6.45, 7) is 0. The summed E-state index contributed by atoms with van der Waals surface area (Å²) in [5.41, 5.74) is 0.696. The lowest BCUT2D eigenvalue weighted by atomic mass is 9.83. The summed E-state index contributed by atoms with van der Waals surface area (Å²) in [4.78, 5) is 61.2. The van der Waals surface area contributed by atoms with Crippen molar-refractivity contribution in [2.45, 2.75) is 64.2 Å². The van der Waals surface area contributed by atoms with Crippen LogP contribution in [0.1, 0.15) is 106 Å². The second kappa shape index (κ2) is 11.2. The fourth-order valence-electron chi connectivity index (χ4n) is 5.09. The smallest absolute Gasteiger partial charge is 0.294 e. The van der Waals surface area contributed by atoms with Gasteiger partial charge in [0.15, 0.2) is 11.6 Å². The molecule has 6 heteroatoms. The minimum absolute atomic E-state index is 0.0671. The molecule has 0 aliphatic heterocycles. The van der Waals surface area contributed by atoms with E-state index in [1.165, 1.54) is 12.1 Å². The van der Waals surface area contributed by atoms with Crippen molar-refractivity contribution in [1.82, 2.24) is 0 Å². The molecular formula is C28H30O6. The van der Waals surface area contributed by atoms with E-state index in [-0.39, 0.29) is 45.7 Å². The van der Waals surface area contributed by atoms with Crippen LogP contribution in [0.25, 0.3) is 0 Å². The van der Waals surface area contributed by atoms with Gasteiger partial charge >= 0.3 is 11.9 Å². The van der Waals surface area contributed by atoms with Gasteiger partial charge in [0, 0.05) is 23.0 Å². The number of ketones is 2. The first-order valence-electron chi connectivity index (χ1n) is 12.3. The van der Waals surface area contributed by atoms with E-state index >= 15 is 0 Å². The van der Waals surface area contributed by atoms with Gasteiger partial charge in [0.25, 0.3) is 0 Å². The molecule has 0 spiro atoms. The van der Waals surface area contributed by atoms with Crippen LogP contribution in [-0.2, 0) is 9.78 Å². The van der Waals surface area contributed by atoms with Gasteiger partial charge in [-0.15, -0.1) is 0 Å². The zero-order valence-corrected chi connectivity index (χ0v) is 19.3. The number of rotatable bonds is 6. The van der Waals surface area contributed by atoms with E-state index in [9.17, 15) is 19.2 Å². The second-order valence-electron chi connectivity index (χ2n) is 9.23. The van der Waals surface area contributed by atoms with Crippen LogP contribution >= 0.6 is 0 Å². The van der Waals surface area contributed by atoms with Gasteiger partial charge in [-0.2, -0.15) is 0 Å². The van der Waals surface area contributed by atoms with E-state index in [0.717, 1.165) is 64.2 Å². The average molecular weight is 463 g/mol. The Labute approximate surface area is 199 Å². The number of Topliss-reactive ketones (excluding diaryl/α,β-unsaturated/α-hetero) is 2. The van der Waals surface area contributed by atoms with E-state index in [0.29, 0.717) is 0 Å². The monoisotopic (exact) mass is 462 g/mol. The third-order valence-electron chi connectivity index (χ3n) is 6.97. The Balaban J connectivity index is 1.45. The average Bonchev–Trinajstić information content (AvgIpc) is 2.91. The fourth-order valence-corrected chi connectivity index (χ4v) is 5.09. The predicted octanol–water partition coefficient (Wildman–Crippen LogP) is 6.14. The van der Waals surface area contributed by atoms with Crippen molar-refractivity contribution < 1.29 is 29.0 Å². The topological polar surface area (TPSA) is 86.7 Å². The molecule has 6 nitrogen and oxygen atoms in total. The van der Waals surface area contributed by atoms with Crippen LogP contribution in [0.4, 0.5) is 0 Å². The lowest BCUT2D eigenvalue weighted by Crippen LogP contribution is -2.23. The van der Waals surface area contributed by atoms with Crippen molar-refractivity contribution in [3.05, 3.63) is 70.8 Å². The molecule has 0 unspecified atom stereocenters. The van der Waals surface area contributed by atoms with Gasteiger partial charge in [-0.3, -0.25) is 9.59 Å². The molecule has 2 aliphatic carbocycles. The number of carbonyl (C=O) groups is 4. The van der Waals surface area contributed by atoms with E-state index in [4.69, 9.17) is 9.78 Å². The molecule has 2 fully saturated rings. The molecule has 4 rings (SSSR count). The highest BCUT2D eigenvalue weighted by Gasteiger charge is 2.29. The summed E-state index contributed by atoms with van der Waals surface area (Å²) in [5, 5.41) is 0. The van der Waals surface area contributed by atoms with E-state index in [1.54, 1.807) is 36.4 Å². The molecule has 2 aromatic carbocycles. The van der Waals surface area contributed by atoms with Crippen molar-refractivity contribution in [3.8, 4) is 0 Å². The molecule has 34 heavy (non-hydrogen) atoms. The molecule has 0 atom stereocenters. The third kappa shape index (κ3) is 5.44. The largest absolute Gasteiger partial charge is 0.387 e. The molecular weight excluding hydrogens is 432 g/mol. The highest BCUT2D eigenvalue weighted by Crippen LogP contribution is 2.29. The predicted molar refractivity (Wildman–Crippen MR) is 126 cm³/mol. The lowest BCUT2D eigenvalue weighted by molar-refractivity contribution is -0.187. The minimum Gasteiger partial charge on any atom is -0.294 e. The SMILES string of the molecule is O=C(OOC(=O)c1ccccc1C(=O)C1CCCCC1)c1ccccc1C(=O)C1CCCCC1. The van der Waals surface area contributed by atoms with Crippen LogP contribution in [0, 0.1) is 11.8 Å². The highest BCUT2D eigenvalue weighted by molar-refractivity contribution is 6.08. The van der Waals surface area contributed by atoms with E-state index < -0.39 is 11.9 Å². The summed E-state index contributed by atoms with van der Waals surface area (Å²) in [6.07, 6.45) is 9.47. The Kier molecular flexibility index (Phi) is 7.88. The maximum absolute atomic E-state index is 13.0. The Morgan fingerprint density at radius 2 is 0.824 bits per heavy atom. The summed E-state index contributed by atoms with van der Waals surface area (Å²) in [7, 11) is 0. The van der Waals surface area contributed by atoms with Crippen molar-refractivity contribution >= 4 is 23.5 Å². The van der Waals surface area contributed by atoms with Crippen LogP contribution in [0.2, 0.25) is 0 Å². The number of benzene rings is 2. The summed E-state index contributed by atoms with van der Waals surface area (Å²) in [5.74, 6) is -2.21. The maximum atomic E-state index is 13.0. The third-order valence-corrected chi connectivity index (χ3v) is 6.97. The van der Waals surface area contributed by atoms with Gasteiger partial charge in [0.2, 0.25) is 0 Å². The second-order valence-corrected chi connectivity index (χ2v) is 9.23. The van der Waals surface area contributed by atoms with Gasteiger partial charge < -0.3 is 0 Å². The maximum Gasteiger partial charge on any atom is 0.387 e. The number of carbonyl (C=O) groups excluding carboxylic acids is 4. The van der Waals surface area contributed by atoms with Crippen LogP contribution < -0.4 is 0 Å². The first-order chi connectivity index (χ1) is 16.6. The number of hydrogen-bond donors (Lipinski definition) is 0. The van der Waals surface area contributed by atoms with Crippen LogP contribution in [0.5, 0.6) is 0 Å². The summed E-state index contributed by atoms with van der Waals surface area (Å²) < 4.78 is 0. The Hall–Kier alpha value is -3.28. The standard InChI is InChI=1S/C28H30O6/c29-25(19-11-3-1-4-12-19)21-15-7-9-17-23(21)27(31)33-34-28(32)24-18-10-8-16-22(24)26(30)20-13-5-2-6-14-20/h7-10,15-20H,1-6,11-14H2. The first-order valence-corrected chi connectivity index (χ1v) is 12.3. The molecule has 0 aromatic heterocycles. The first kappa shape index (κ1) is 23.9. The lowest BCUT2D eigenvalue weighted by Gasteiger charge is -2.21. The van der Waals surface area contributed by atoms with Crippen molar-refractivity contribution in [3.63, 3.8) is 0 Å². The summed E-state index contributed by atoms with van der Waals surface area (Å²) in [6, 6.07) is 12.9. The van der Waals surface area contributed by atoms with E-state index in [1.807, 2.05) is 0 Å². The van der Waals surface area contributed by atoms with Crippen LogP contribution in [0.3, 0.4) is 0 Å². The van der Waals surface area contributed by atoms with Gasteiger partial charge in [-0.05, 0) is 37.8 Å². The fraction of sp³-hybridized carbons (Fsp3) is 0.429. The van der Waals surface area contributed by atoms with Crippen molar-refractivity contribution in [1.29, 1.82) is 0 Å². The molecule has 2 saturated carbocycles. The normalized spacial score (nSPS) is 17.1. The highest BCUT2D eigenvalue weighted by atomic mass is 17.2. The molecule has 2 aromatic rings. The molecule has 0 bridgehead atoms. The Bertz CT molecular complexity index is 975. The van der Waals surface area contributed by atoms with E-state index in [2.05, 4.69) is 0 Å².